The van der Waals surface area contributed by atoms with Crippen LogP contribution in [0, 0.1) is 29.6 Å². The zero-order chi connectivity index (χ0) is 29.9. The number of ether oxygens (including phenoxy) is 3. The molecule has 0 radical (unpaired) electrons. The number of aliphatic carboxylic acids is 1. The number of carboxylic acids is 1. The van der Waals surface area contributed by atoms with Crippen molar-refractivity contribution >= 4 is 23.8 Å². The lowest BCUT2D eigenvalue weighted by molar-refractivity contribution is -0.576. The van der Waals surface area contributed by atoms with E-state index in [1.165, 1.54) is 0 Å². The Bertz CT molecular complexity index is 991. The number of carbonyl (C=O) groups excluding carboxylic acids is 3. The molecule has 1 aliphatic carbocycles. The molecule has 12 heteroatoms. The highest BCUT2D eigenvalue weighted by Gasteiger charge is 2.69. The average Bonchev–Trinajstić information content (AvgIpc) is 3.13. The van der Waals surface area contributed by atoms with Crippen LogP contribution in [0.1, 0.15) is 92.4 Å². The summed E-state index contributed by atoms with van der Waals surface area (Å²) >= 11 is 0. The standard InChI is InChI=1S/C29H46N2O10/c1-16(2)15-21(25(35)36)31-23(33)7-6-14-30-22(32)10-11-24(34)37-26-18(4)20-9-8-17(3)19-12-13-28(5)39-27(38-26)29(19,20)41-40-28/h16-21,26-27H,6-15H2,1-5H3,(H,30,32)(H,31,33)(H,35,36)/t17-,18+,19+,20-,21-,26+,27+,28-,29+/m1/s1. The van der Waals surface area contributed by atoms with Gasteiger partial charge in [-0.1, -0.05) is 27.7 Å². The molecule has 3 N–H and O–H groups in total. The third kappa shape index (κ3) is 7.03. The zero-order valence-electron chi connectivity index (χ0n) is 24.8. The van der Waals surface area contributed by atoms with Gasteiger partial charge in [-0.25, -0.2) is 14.6 Å². The first kappa shape index (κ1) is 31.7. The number of carbonyl (C=O) groups is 4. The number of fused-ring (bicyclic) bond motifs is 2. The number of hydrogen-bond donors (Lipinski definition) is 3. The smallest absolute Gasteiger partial charge is 0.326 e. The largest absolute Gasteiger partial charge is 0.480 e. The fourth-order valence-corrected chi connectivity index (χ4v) is 6.94. The van der Waals surface area contributed by atoms with Gasteiger partial charge in [0.1, 0.15) is 6.04 Å². The Balaban J connectivity index is 1.21. The maximum atomic E-state index is 12.7. The molecule has 0 unspecified atom stereocenters. The van der Waals surface area contributed by atoms with Crippen molar-refractivity contribution in [1.82, 2.24) is 10.6 Å². The topological polar surface area (TPSA) is 159 Å². The Hall–Kier alpha value is -2.28. The van der Waals surface area contributed by atoms with E-state index in [1.54, 1.807) is 0 Å². The van der Waals surface area contributed by atoms with E-state index in [9.17, 15) is 24.3 Å². The molecule has 12 nitrogen and oxygen atoms in total. The van der Waals surface area contributed by atoms with E-state index in [1.807, 2.05) is 27.7 Å². The molecule has 1 spiro atoms. The number of amides is 2. The van der Waals surface area contributed by atoms with Crippen LogP contribution in [0.25, 0.3) is 0 Å². The molecule has 1 saturated carbocycles. The molecule has 232 valence electrons. The van der Waals surface area contributed by atoms with Crippen molar-refractivity contribution in [2.75, 3.05) is 6.54 Å². The molecule has 0 aromatic rings. The fourth-order valence-electron chi connectivity index (χ4n) is 6.94. The first-order valence-corrected chi connectivity index (χ1v) is 15.0. The van der Waals surface area contributed by atoms with Crippen LogP contribution in [-0.4, -0.2) is 65.4 Å². The maximum absolute atomic E-state index is 12.7. The highest BCUT2D eigenvalue weighted by atomic mass is 17.3. The van der Waals surface area contributed by atoms with Crippen LogP contribution >= 0.6 is 0 Å². The Labute approximate surface area is 241 Å². The predicted octanol–water partition coefficient (Wildman–Crippen LogP) is 3.03. The Morgan fingerprint density at radius 1 is 1.00 bits per heavy atom. The lowest BCUT2D eigenvalue weighted by Crippen LogP contribution is -2.70. The molecule has 0 aromatic carbocycles. The van der Waals surface area contributed by atoms with E-state index < -0.39 is 41.9 Å². The zero-order valence-corrected chi connectivity index (χ0v) is 24.8. The third-order valence-corrected chi connectivity index (χ3v) is 9.14. The summed E-state index contributed by atoms with van der Waals surface area (Å²) in [6.07, 6.45) is 2.56. The minimum atomic E-state index is -1.07. The number of carboxylic acid groups (broad SMARTS) is 1. The first-order valence-electron chi connectivity index (χ1n) is 15.0. The molecule has 2 bridgehead atoms. The summed E-state index contributed by atoms with van der Waals surface area (Å²) in [5, 5.41) is 14.5. The van der Waals surface area contributed by atoms with Crippen LogP contribution in [0.4, 0.5) is 0 Å². The van der Waals surface area contributed by atoms with E-state index in [-0.39, 0.29) is 61.3 Å². The summed E-state index contributed by atoms with van der Waals surface area (Å²) in [5.41, 5.74) is -0.740. The van der Waals surface area contributed by atoms with E-state index in [4.69, 9.17) is 24.0 Å². The molecule has 5 aliphatic rings. The minimum absolute atomic E-state index is 0.0274. The van der Waals surface area contributed by atoms with Gasteiger partial charge in [-0.15, -0.1) is 0 Å². The third-order valence-electron chi connectivity index (χ3n) is 9.14. The second-order valence-electron chi connectivity index (χ2n) is 12.8. The SMILES string of the molecule is CC(C)C[C@@H](NC(=O)CCCNC(=O)CCC(=O)O[C@H]1O[C@H]2O[C@@]3(C)CC[C@H]4[C@H](C)CC[C@H]([C@@H]1C)[C@]24OO3)C(=O)O. The average molecular weight is 583 g/mol. The van der Waals surface area contributed by atoms with Crippen LogP contribution < -0.4 is 10.6 Å². The maximum Gasteiger partial charge on any atom is 0.326 e. The summed E-state index contributed by atoms with van der Waals surface area (Å²) in [6, 6.07) is -0.930. The second-order valence-corrected chi connectivity index (χ2v) is 12.8. The summed E-state index contributed by atoms with van der Waals surface area (Å²) < 4.78 is 18.3. The highest BCUT2D eigenvalue weighted by molar-refractivity contribution is 5.83. The molecular weight excluding hydrogens is 536 g/mol. The van der Waals surface area contributed by atoms with Gasteiger partial charge in [0.2, 0.25) is 23.9 Å². The van der Waals surface area contributed by atoms with Crippen molar-refractivity contribution in [3.8, 4) is 0 Å². The van der Waals surface area contributed by atoms with Gasteiger partial charge in [0.15, 0.2) is 11.9 Å². The van der Waals surface area contributed by atoms with Gasteiger partial charge < -0.3 is 30.0 Å². The van der Waals surface area contributed by atoms with Crippen molar-refractivity contribution in [2.24, 2.45) is 29.6 Å². The molecular formula is C29H46N2O10. The predicted molar refractivity (Wildman–Crippen MR) is 143 cm³/mol. The van der Waals surface area contributed by atoms with Crippen molar-refractivity contribution in [3.63, 3.8) is 0 Å². The molecule has 41 heavy (non-hydrogen) atoms. The first-order chi connectivity index (χ1) is 19.3. The summed E-state index contributed by atoms with van der Waals surface area (Å²) in [7, 11) is 0. The van der Waals surface area contributed by atoms with E-state index in [0.717, 1.165) is 19.3 Å². The van der Waals surface area contributed by atoms with Gasteiger partial charge >= 0.3 is 11.9 Å². The quantitative estimate of drug-likeness (QED) is 0.177. The van der Waals surface area contributed by atoms with E-state index in [0.29, 0.717) is 25.2 Å². The number of esters is 1. The molecule has 5 rings (SSSR count). The Morgan fingerprint density at radius 2 is 1.76 bits per heavy atom. The van der Waals surface area contributed by atoms with Gasteiger partial charge in [-0.05, 0) is 56.8 Å². The van der Waals surface area contributed by atoms with Crippen LogP contribution in [0.3, 0.4) is 0 Å². The van der Waals surface area contributed by atoms with Crippen molar-refractivity contribution in [1.29, 1.82) is 0 Å². The molecule has 4 heterocycles. The molecule has 9 atom stereocenters. The van der Waals surface area contributed by atoms with Gasteiger partial charge in [0.05, 0.1) is 6.42 Å². The Kier molecular flexibility index (Phi) is 9.98. The van der Waals surface area contributed by atoms with E-state index >= 15 is 0 Å². The fraction of sp³-hybridized carbons (Fsp3) is 0.862. The number of hydrogen-bond acceptors (Lipinski definition) is 9. The van der Waals surface area contributed by atoms with Crippen LogP contribution in [0.5, 0.6) is 0 Å². The second kappa shape index (κ2) is 12.9. The minimum Gasteiger partial charge on any atom is -0.480 e. The number of nitrogens with one attached hydrogen (secondary N) is 2. The van der Waals surface area contributed by atoms with Gasteiger partial charge in [0, 0.05) is 37.6 Å². The normalized spacial score (nSPS) is 36.5. The summed E-state index contributed by atoms with van der Waals surface area (Å²) in [4.78, 5) is 60.3. The molecule has 2 amide bonds. The van der Waals surface area contributed by atoms with Crippen molar-refractivity contribution in [3.05, 3.63) is 0 Å². The summed E-state index contributed by atoms with van der Waals surface area (Å²) in [6.45, 7) is 10.1. The molecule has 4 aliphatic heterocycles. The number of rotatable bonds is 12. The van der Waals surface area contributed by atoms with Crippen molar-refractivity contribution < 1.29 is 48.3 Å². The Morgan fingerprint density at radius 3 is 2.46 bits per heavy atom. The molecule has 0 aromatic heterocycles. The summed E-state index contributed by atoms with van der Waals surface area (Å²) in [5.74, 6) is -2.61. The van der Waals surface area contributed by atoms with Gasteiger partial charge in [0.25, 0.3) is 0 Å². The monoisotopic (exact) mass is 582 g/mol. The lowest BCUT2D eigenvalue weighted by Gasteiger charge is -2.59. The van der Waals surface area contributed by atoms with Gasteiger partial charge in [-0.3, -0.25) is 14.4 Å². The van der Waals surface area contributed by atoms with Crippen LogP contribution in [-0.2, 0) is 43.2 Å². The lowest BCUT2D eigenvalue weighted by atomic mass is 9.58. The van der Waals surface area contributed by atoms with Crippen LogP contribution in [0.15, 0.2) is 0 Å². The van der Waals surface area contributed by atoms with E-state index in [2.05, 4.69) is 17.6 Å². The van der Waals surface area contributed by atoms with Crippen molar-refractivity contribution in [2.45, 2.75) is 122 Å². The highest BCUT2D eigenvalue weighted by Crippen LogP contribution is 2.60. The molecule has 5 fully saturated rings. The van der Waals surface area contributed by atoms with Gasteiger partial charge in [-0.2, -0.15) is 0 Å². The molecule has 4 saturated heterocycles. The van der Waals surface area contributed by atoms with Crippen LogP contribution in [0.2, 0.25) is 0 Å².